The molecule has 6 nitrogen and oxygen atoms in total. The Bertz CT molecular complexity index is 393. The molecule has 0 saturated carbocycles. The lowest BCUT2D eigenvalue weighted by Gasteiger charge is -2.37. The van der Waals surface area contributed by atoms with Crippen molar-refractivity contribution in [2.75, 3.05) is 19.7 Å². The van der Waals surface area contributed by atoms with Gasteiger partial charge in [0.25, 0.3) is 0 Å². The third kappa shape index (κ3) is 5.00. The van der Waals surface area contributed by atoms with Crippen LogP contribution in [0, 0.1) is 0 Å². The van der Waals surface area contributed by atoms with Gasteiger partial charge < -0.3 is 19.7 Å². The molecular formula is C14H28N2O4Si. The fourth-order valence-electron chi connectivity index (χ4n) is 2.07. The summed E-state index contributed by atoms with van der Waals surface area (Å²) in [7, 11) is -1.80. The van der Waals surface area contributed by atoms with Gasteiger partial charge in [-0.25, -0.2) is 4.79 Å². The van der Waals surface area contributed by atoms with Crippen LogP contribution in [-0.4, -0.2) is 56.1 Å². The second-order valence-corrected chi connectivity index (χ2v) is 11.9. The number of nitrogens with zero attached hydrogens (tertiary/aromatic N) is 1. The average molecular weight is 316 g/mol. The van der Waals surface area contributed by atoms with Gasteiger partial charge in [-0.2, -0.15) is 0 Å². The highest BCUT2D eigenvalue weighted by atomic mass is 28.4. The first-order valence-corrected chi connectivity index (χ1v) is 10.4. The smallest absolute Gasteiger partial charge is 0.405 e. The van der Waals surface area contributed by atoms with Crippen LogP contribution in [0.15, 0.2) is 0 Å². The maximum absolute atomic E-state index is 12.2. The largest absolute Gasteiger partial charge is 0.465 e. The summed E-state index contributed by atoms with van der Waals surface area (Å²) in [4.78, 5) is 24.5. The number of likely N-dealkylation sites (tertiary alicyclic amines) is 1. The van der Waals surface area contributed by atoms with Crippen molar-refractivity contribution in [2.24, 2.45) is 0 Å². The van der Waals surface area contributed by atoms with Crippen molar-refractivity contribution in [3.8, 4) is 0 Å². The molecule has 0 radical (unpaired) electrons. The zero-order valence-corrected chi connectivity index (χ0v) is 14.7. The number of carbonyl (C=O) groups excluding carboxylic acids is 1. The summed E-state index contributed by atoms with van der Waals surface area (Å²) >= 11 is 0. The van der Waals surface area contributed by atoms with E-state index in [2.05, 4.69) is 39.2 Å². The Labute approximate surface area is 128 Å². The number of piperidine rings is 1. The van der Waals surface area contributed by atoms with E-state index in [0.717, 1.165) is 6.42 Å². The molecular weight excluding hydrogens is 288 g/mol. The van der Waals surface area contributed by atoms with Crippen molar-refractivity contribution < 1.29 is 19.1 Å². The van der Waals surface area contributed by atoms with E-state index in [4.69, 9.17) is 9.53 Å². The highest BCUT2D eigenvalue weighted by molar-refractivity contribution is 6.74. The van der Waals surface area contributed by atoms with E-state index in [1.165, 1.54) is 0 Å². The molecule has 21 heavy (non-hydrogen) atoms. The van der Waals surface area contributed by atoms with Gasteiger partial charge >= 0.3 is 6.09 Å². The molecule has 0 aromatic carbocycles. The number of nitrogens with one attached hydrogen (secondary N) is 1. The Morgan fingerprint density at radius 1 is 1.48 bits per heavy atom. The summed E-state index contributed by atoms with van der Waals surface area (Å²) < 4.78 is 6.07. The van der Waals surface area contributed by atoms with Gasteiger partial charge in [-0.05, 0) is 31.0 Å². The molecule has 0 aromatic heterocycles. The van der Waals surface area contributed by atoms with Crippen LogP contribution in [0.2, 0.25) is 18.1 Å². The third-order valence-electron chi connectivity index (χ3n) is 4.46. The first-order chi connectivity index (χ1) is 9.54. The quantitative estimate of drug-likeness (QED) is 0.763. The van der Waals surface area contributed by atoms with Gasteiger partial charge in [0, 0.05) is 13.1 Å². The van der Waals surface area contributed by atoms with Gasteiger partial charge in [-0.15, -0.1) is 0 Å². The standard InChI is InChI=1S/C14H28N2O4Si/c1-14(2,3)21(4,5)20-10-9-16-8-6-7-11(12(16)17)15-13(18)19/h11,15H,6-10H2,1-5H3,(H,18,19). The number of amides is 2. The van der Waals surface area contributed by atoms with Crippen LogP contribution in [0.3, 0.4) is 0 Å². The molecule has 0 aromatic rings. The lowest BCUT2D eigenvalue weighted by molar-refractivity contribution is -0.136. The molecule has 0 bridgehead atoms. The second-order valence-electron chi connectivity index (χ2n) is 7.08. The summed E-state index contributed by atoms with van der Waals surface area (Å²) in [6.07, 6.45) is 0.245. The Kier molecular flexibility index (Phi) is 5.80. The van der Waals surface area contributed by atoms with Crippen LogP contribution in [0.4, 0.5) is 4.79 Å². The van der Waals surface area contributed by atoms with Crippen molar-refractivity contribution in [1.82, 2.24) is 10.2 Å². The van der Waals surface area contributed by atoms with Crippen LogP contribution in [-0.2, 0) is 9.22 Å². The molecule has 0 aliphatic carbocycles. The van der Waals surface area contributed by atoms with Crippen LogP contribution in [0.25, 0.3) is 0 Å². The van der Waals surface area contributed by atoms with Crippen LogP contribution >= 0.6 is 0 Å². The van der Waals surface area contributed by atoms with Crippen molar-refractivity contribution in [3.63, 3.8) is 0 Å². The van der Waals surface area contributed by atoms with E-state index < -0.39 is 20.5 Å². The highest BCUT2D eigenvalue weighted by Gasteiger charge is 2.37. The van der Waals surface area contributed by atoms with Crippen molar-refractivity contribution in [3.05, 3.63) is 0 Å². The molecule has 1 aliphatic rings. The van der Waals surface area contributed by atoms with Crippen molar-refractivity contribution in [1.29, 1.82) is 0 Å². The van der Waals surface area contributed by atoms with E-state index in [-0.39, 0.29) is 10.9 Å². The van der Waals surface area contributed by atoms with E-state index in [1.54, 1.807) is 4.90 Å². The highest BCUT2D eigenvalue weighted by Crippen LogP contribution is 2.36. The maximum Gasteiger partial charge on any atom is 0.405 e. The summed E-state index contributed by atoms with van der Waals surface area (Å²) in [6.45, 7) is 12.6. The van der Waals surface area contributed by atoms with E-state index in [1.807, 2.05) is 0 Å². The molecule has 7 heteroatoms. The third-order valence-corrected chi connectivity index (χ3v) is 9.00. The number of rotatable bonds is 5. The first kappa shape index (κ1) is 18.0. The predicted molar refractivity (Wildman–Crippen MR) is 83.9 cm³/mol. The van der Waals surface area contributed by atoms with Gasteiger partial charge in [0.05, 0.1) is 6.61 Å². The number of carbonyl (C=O) groups is 2. The maximum atomic E-state index is 12.2. The zero-order chi connectivity index (χ0) is 16.3. The zero-order valence-electron chi connectivity index (χ0n) is 13.7. The molecule has 1 rings (SSSR count). The van der Waals surface area contributed by atoms with Crippen LogP contribution in [0.1, 0.15) is 33.6 Å². The van der Waals surface area contributed by atoms with Crippen LogP contribution in [0.5, 0.6) is 0 Å². The lowest BCUT2D eigenvalue weighted by Crippen LogP contribution is -2.53. The molecule has 1 fully saturated rings. The number of hydrogen-bond donors (Lipinski definition) is 2. The monoisotopic (exact) mass is 316 g/mol. The molecule has 1 atom stereocenters. The Hall–Kier alpha value is -1.08. The SMILES string of the molecule is CC(C)(C)[Si](C)(C)OCCN1CCCC(NC(=O)O)C1=O. The van der Waals surface area contributed by atoms with E-state index in [9.17, 15) is 9.59 Å². The van der Waals surface area contributed by atoms with Crippen molar-refractivity contribution in [2.45, 2.75) is 57.8 Å². The number of carboxylic acid groups (broad SMARTS) is 1. The molecule has 0 spiro atoms. The lowest BCUT2D eigenvalue weighted by atomic mass is 10.1. The molecule has 122 valence electrons. The van der Waals surface area contributed by atoms with Gasteiger partial charge in [0.2, 0.25) is 5.91 Å². The summed E-state index contributed by atoms with van der Waals surface area (Å²) in [5.74, 6) is -0.137. The normalized spacial score (nSPS) is 20.5. The molecule has 2 N–H and O–H groups in total. The molecule has 1 unspecified atom stereocenters. The first-order valence-electron chi connectivity index (χ1n) is 7.47. The van der Waals surface area contributed by atoms with E-state index >= 15 is 0 Å². The minimum atomic E-state index is -1.80. The Morgan fingerprint density at radius 3 is 2.62 bits per heavy atom. The fourth-order valence-corrected chi connectivity index (χ4v) is 3.11. The molecule has 2 amide bonds. The molecule has 1 saturated heterocycles. The second kappa shape index (κ2) is 6.78. The molecule has 1 aliphatic heterocycles. The summed E-state index contributed by atoms with van der Waals surface area (Å²) in [5, 5.41) is 11.2. The minimum Gasteiger partial charge on any atom is -0.465 e. The Balaban J connectivity index is 2.48. The van der Waals surface area contributed by atoms with Crippen LogP contribution < -0.4 is 5.32 Å². The predicted octanol–water partition coefficient (Wildman–Crippen LogP) is 2.27. The fraction of sp³-hybridized carbons (Fsp3) is 0.857. The van der Waals surface area contributed by atoms with Gasteiger partial charge in [-0.1, -0.05) is 20.8 Å². The Morgan fingerprint density at radius 2 is 2.10 bits per heavy atom. The summed E-state index contributed by atoms with van der Waals surface area (Å²) in [6, 6.07) is -0.607. The number of hydrogen-bond acceptors (Lipinski definition) is 3. The van der Waals surface area contributed by atoms with Gasteiger partial charge in [0.1, 0.15) is 6.04 Å². The molecule has 1 heterocycles. The van der Waals surface area contributed by atoms with E-state index in [0.29, 0.717) is 26.1 Å². The van der Waals surface area contributed by atoms with Crippen molar-refractivity contribution >= 4 is 20.3 Å². The topological polar surface area (TPSA) is 78.9 Å². The minimum absolute atomic E-state index is 0.137. The summed E-state index contributed by atoms with van der Waals surface area (Å²) in [5.41, 5.74) is 0. The van der Waals surface area contributed by atoms with Gasteiger partial charge in [-0.3, -0.25) is 4.79 Å². The van der Waals surface area contributed by atoms with Gasteiger partial charge in [0.15, 0.2) is 8.32 Å². The average Bonchev–Trinajstić information content (AvgIpc) is 2.31.